The molecule has 3 aliphatic rings. The van der Waals surface area contributed by atoms with Gasteiger partial charge in [0.15, 0.2) is 0 Å². The first-order valence-corrected chi connectivity index (χ1v) is 14.8. The van der Waals surface area contributed by atoms with Crippen LogP contribution < -0.4 is 19.9 Å². The van der Waals surface area contributed by atoms with Crippen molar-refractivity contribution in [3.05, 3.63) is 64.8 Å². The number of likely N-dealkylation sites (tertiary alicyclic amines) is 1. The van der Waals surface area contributed by atoms with E-state index in [1.54, 1.807) is 0 Å². The van der Waals surface area contributed by atoms with Crippen molar-refractivity contribution in [1.82, 2.24) is 20.2 Å². The van der Waals surface area contributed by atoms with Crippen LogP contribution in [0.3, 0.4) is 0 Å². The zero-order valence-electron chi connectivity index (χ0n) is 23.6. The Labute approximate surface area is 249 Å². The number of carbonyl (C=O) groups excluding carboxylic acids is 1. The average molecular weight is 591 g/mol. The zero-order valence-corrected chi connectivity index (χ0v) is 24.4. The van der Waals surface area contributed by atoms with Crippen molar-refractivity contribution in [2.24, 2.45) is 0 Å². The molecule has 1 unspecified atom stereocenters. The van der Waals surface area contributed by atoms with Gasteiger partial charge < -0.3 is 29.9 Å². The Morgan fingerprint density at radius 2 is 1.93 bits per heavy atom. The Kier molecular flexibility index (Phi) is 8.17. The molecule has 3 aromatic rings. The van der Waals surface area contributed by atoms with Gasteiger partial charge in [0.2, 0.25) is 5.91 Å². The van der Waals surface area contributed by atoms with Crippen LogP contribution in [0, 0.1) is 0 Å². The highest BCUT2D eigenvalue weighted by Gasteiger charge is 2.31. The Morgan fingerprint density at radius 3 is 2.71 bits per heavy atom. The second-order valence-electron chi connectivity index (χ2n) is 11.2. The number of amides is 1. The number of carboxylic acid groups (broad SMARTS) is 1. The van der Waals surface area contributed by atoms with Crippen molar-refractivity contribution < 1.29 is 19.4 Å². The molecule has 0 saturated carbocycles. The summed E-state index contributed by atoms with van der Waals surface area (Å²) < 4.78 is 6.24. The molecule has 2 N–H and O–H groups in total. The van der Waals surface area contributed by atoms with Crippen LogP contribution >= 0.6 is 11.6 Å². The summed E-state index contributed by atoms with van der Waals surface area (Å²) in [6.45, 7) is 4.27. The van der Waals surface area contributed by atoms with Gasteiger partial charge in [-0.15, -0.1) is 0 Å². The second kappa shape index (κ2) is 12.1. The molecule has 2 aromatic carbocycles. The Morgan fingerprint density at radius 1 is 1.10 bits per heavy atom. The monoisotopic (exact) mass is 590 g/mol. The quantitative estimate of drug-likeness (QED) is 0.380. The molecule has 1 amide bonds. The average Bonchev–Trinajstić information content (AvgIpc) is 3.62. The Bertz CT molecular complexity index is 1530. The number of hydrogen-bond donors (Lipinski definition) is 2. The molecule has 10 nitrogen and oxygen atoms in total. The smallest absolute Gasteiger partial charge is 0.328 e. The molecule has 0 spiro atoms. The fraction of sp³-hybridized carbons (Fsp3) is 0.419. The summed E-state index contributed by atoms with van der Waals surface area (Å²) in [4.78, 5) is 39.7. The maximum atomic E-state index is 12.2. The molecular weight excluding hydrogens is 556 g/mol. The van der Waals surface area contributed by atoms with Gasteiger partial charge in [-0.2, -0.15) is 9.97 Å². The SMILES string of the molecule is CN1CCC[C@H]1COc1nc2c(c(N3CCC(NC(=O)/C=C/C(=O)O)C3)n1)CCN(c1cccc3cccc(Cl)c13)C2. The van der Waals surface area contributed by atoms with Crippen molar-refractivity contribution in [3.8, 4) is 6.01 Å². The van der Waals surface area contributed by atoms with Gasteiger partial charge in [-0.05, 0) is 56.8 Å². The molecule has 2 saturated heterocycles. The van der Waals surface area contributed by atoms with Crippen LogP contribution in [0.25, 0.3) is 10.8 Å². The van der Waals surface area contributed by atoms with Crippen LogP contribution in [0.4, 0.5) is 11.5 Å². The molecule has 0 radical (unpaired) electrons. The number of carbonyl (C=O) groups is 2. The van der Waals surface area contributed by atoms with Crippen molar-refractivity contribution in [3.63, 3.8) is 0 Å². The molecule has 2 atom stereocenters. The first kappa shape index (κ1) is 28.2. The summed E-state index contributed by atoms with van der Waals surface area (Å²) in [6, 6.07) is 12.8. The van der Waals surface area contributed by atoms with E-state index in [1.165, 1.54) is 0 Å². The van der Waals surface area contributed by atoms with Crippen LogP contribution in [0.15, 0.2) is 48.6 Å². The number of benzene rings is 2. The van der Waals surface area contributed by atoms with Gasteiger partial charge in [0, 0.05) is 60.5 Å². The number of nitrogens with zero attached hydrogens (tertiary/aromatic N) is 5. The molecule has 11 heteroatoms. The number of rotatable bonds is 8. The summed E-state index contributed by atoms with van der Waals surface area (Å²) in [5.74, 6) is -0.715. The lowest BCUT2D eigenvalue weighted by Gasteiger charge is -2.33. The first-order valence-electron chi connectivity index (χ1n) is 14.5. The molecule has 42 heavy (non-hydrogen) atoms. The van der Waals surface area contributed by atoms with Gasteiger partial charge in [-0.1, -0.05) is 35.9 Å². The number of halogens is 1. The summed E-state index contributed by atoms with van der Waals surface area (Å²) in [5, 5.41) is 14.6. The van der Waals surface area contributed by atoms with Gasteiger partial charge in [0.1, 0.15) is 12.4 Å². The summed E-state index contributed by atoms with van der Waals surface area (Å²) in [5.41, 5.74) is 3.11. The minimum atomic E-state index is -1.15. The van der Waals surface area contributed by atoms with E-state index in [9.17, 15) is 9.59 Å². The second-order valence-corrected chi connectivity index (χ2v) is 11.6. The molecule has 220 valence electrons. The first-order chi connectivity index (χ1) is 20.4. The van der Waals surface area contributed by atoms with Gasteiger partial charge in [-0.25, -0.2) is 4.79 Å². The van der Waals surface area contributed by atoms with E-state index in [1.807, 2.05) is 12.1 Å². The van der Waals surface area contributed by atoms with Crippen LogP contribution in [0.2, 0.25) is 5.02 Å². The topological polar surface area (TPSA) is 111 Å². The van der Waals surface area contributed by atoms with E-state index in [2.05, 4.69) is 51.3 Å². The number of carboxylic acids is 1. The summed E-state index contributed by atoms with van der Waals surface area (Å²) >= 11 is 6.67. The van der Waals surface area contributed by atoms with Gasteiger partial charge in [0.25, 0.3) is 0 Å². The molecule has 0 aliphatic carbocycles. The van der Waals surface area contributed by atoms with Crippen molar-refractivity contribution in [2.45, 2.75) is 44.3 Å². The minimum absolute atomic E-state index is 0.115. The van der Waals surface area contributed by atoms with Crippen molar-refractivity contribution >= 4 is 45.8 Å². The standard InChI is InChI=1S/C31H35ClN6O4/c1-36-14-4-7-22(36)19-42-31-34-25-18-37(26-9-3-6-20-5-2-8-24(32)29(20)26)16-13-23(25)30(35-31)38-15-12-21(17-38)33-27(39)10-11-28(40)41/h2-3,5-6,8-11,21-22H,4,7,12-19H2,1H3,(H,33,39)(H,40,41)/b11-10+/t21?,22-/m0/s1. The number of anilines is 2. The lowest BCUT2D eigenvalue weighted by atomic mass is 10.0. The number of nitrogens with one attached hydrogen (secondary N) is 1. The maximum Gasteiger partial charge on any atom is 0.328 e. The molecule has 1 aromatic heterocycles. The summed E-state index contributed by atoms with van der Waals surface area (Å²) in [6.07, 6.45) is 5.64. The highest BCUT2D eigenvalue weighted by molar-refractivity contribution is 6.36. The maximum absolute atomic E-state index is 12.2. The number of likely N-dealkylation sites (N-methyl/N-ethyl adjacent to an activating group) is 1. The van der Waals surface area contributed by atoms with Gasteiger partial charge >= 0.3 is 12.0 Å². The third-order valence-corrected chi connectivity index (χ3v) is 8.80. The lowest BCUT2D eigenvalue weighted by Crippen LogP contribution is -2.37. The fourth-order valence-corrected chi connectivity index (χ4v) is 6.57. The van der Waals surface area contributed by atoms with Crippen molar-refractivity contribution in [1.29, 1.82) is 0 Å². The van der Waals surface area contributed by atoms with E-state index < -0.39 is 11.9 Å². The van der Waals surface area contributed by atoms with Crippen LogP contribution in [-0.4, -0.2) is 83.8 Å². The molecule has 6 rings (SSSR count). The van der Waals surface area contributed by atoms with E-state index in [0.717, 1.165) is 89.5 Å². The van der Waals surface area contributed by atoms with Crippen LogP contribution in [-0.2, 0) is 22.6 Å². The predicted octanol–water partition coefficient (Wildman–Crippen LogP) is 3.65. The molecule has 0 bridgehead atoms. The molecular formula is C31H35ClN6O4. The normalized spacial score (nSPS) is 20.8. The summed E-state index contributed by atoms with van der Waals surface area (Å²) in [7, 11) is 2.12. The molecule has 3 aliphatic heterocycles. The molecule has 2 fully saturated rings. The third kappa shape index (κ3) is 6.00. The predicted molar refractivity (Wildman–Crippen MR) is 162 cm³/mol. The highest BCUT2D eigenvalue weighted by Crippen LogP contribution is 2.37. The van der Waals surface area contributed by atoms with Crippen LogP contribution in [0.5, 0.6) is 6.01 Å². The largest absolute Gasteiger partial charge is 0.478 e. The van der Waals surface area contributed by atoms with Gasteiger partial charge in [-0.3, -0.25) is 4.79 Å². The van der Waals surface area contributed by atoms with E-state index in [0.29, 0.717) is 38.3 Å². The number of aromatic nitrogens is 2. The number of ether oxygens (including phenoxy) is 1. The Hall–Kier alpha value is -3.89. The van der Waals surface area contributed by atoms with Crippen LogP contribution in [0.1, 0.15) is 30.5 Å². The zero-order chi connectivity index (χ0) is 29.2. The fourth-order valence-electron chi connectivity index (χ4n) is 6.29. The highest BCUT2D eigenvalue weighted by atomic mass is 35.5. The number of aliphatic carboxylic acids is 1. The van der Waals surface area contributed by atoms with E-state index >= 15 is 0 Å². The third-order valence-electron chi connectivity index (χ3n) is 8.48. The minimum Gasteiger partial charge on any atom is -0.478 e. The Balaban J connectivity index is 1.27. The van der Waals surface area contributed by atoms with Crippen molar-refractivity contribution in [2.75, 3.05) is 49.6 Å². The lowest BCUT2D eigenvalue weighted by molar-refractivity contribution is -0.131. The number of hydrogen-bond acceptors (Lipinski definition) is 8. The van der Waals surface area contributed by atoms with Gasteiger partial charge in [0.05, 0.1) is 17.3 Å². The van der Waals surface area contributed by atoms with E-state index in [-0.39, 0.29) is 6.04 Å². The number of fused-ring (bicyclic) bond motifs is 2. The molecule has 4 heterocycles. The van der Waals surface area contributed by atoms with E-state index in [4.69, 9.17) is 31.4 Å².